The van der Waals surface area contributed by atoms with Gasteiger partial charge in [0.05, 0.1) is 18.3 Å². The first kappa shape index (κ1) is 30.3. The van der Waals surface area contributed by atoms with Crippen molar-refractivity contribution in [2.24, 2.45) is 0 Å². The van der Waals surface area contributed by atoms with Crippen LogP contribution in [-0.4, -0.2) is 117 Å². The van der Waals surface area contributed by atoms with Crippen LogP contribution in [0.25, 0.3) is 0 Å². The molecule has 3 aliphatic heterocycles. The molecule has 2 bridgehead atoms. The molecule has 1 unspecified atom stereocenters. The van der Waals surface area contributed by atoms with Gasteiger partial charge in [-0.1, -0.05) is 0 Å². The van der Waals surface area contributed by atoms with Crippen molar-refractivity contribution in [3.8, 4) is 0 Å². The van der Waals surface area contributed by atoms with Gasteiger partial charge < -0.3 is 29.5 Å². The van der Waals surface area contributed by atoms with Crippen LogP contribution in [0.4, 0.5) is 19.2 Å². The molecule has 4 rings (SSSR count). The zero-order valence-electron chi connectivity index (χ0n) is 23.7. The number of hydrogen-bond acceptors (Lipinski definition) is 10. The molecule has 2 atom stereocenters. The number of amides is 5. The Morgan fingerprint density at radius 3 is 2.17 bits per heavy atom. The number of nitrogens with one attached hydrogen (secondary N) is 1. The minimum absolute atomic E-state index is 0.0591. The van der Waals surface area contributed by atoms with Gasteiger partial charge in [-0.05, 0) is 41.5 Å². The maximum Gasteiger partial charge on any atom is 0.418 e. The van der Waals surface area contributed by atoms with E-state index in [-0.39, 0.29) is 45.0 Å². The fourth-order valence-electron chi connectivity index (χ4n) is 4.68. The number of nitrogens with zero attached hydrogens (tertiary/aromatic N) is 6. The number of rotatable bonds is 4. The highest BCUT2D eigenvalue weighted by molar-refractivity contribution is 7.80. The van der Waals surface area contributed by atoms with Gasteiger partial charge in [-0.2, -0.15) is 23.3 Å². The number of carbonyl (C=O) groups excluding carboxylic acids is 4. The van der Waals surface area contributed by atoms with E-state index in [9.17, 15) is 32.1 Å². The fourth-order valence-corrected chi connectivity index (χ4v) is 5.05. The summed E-state index contributed by atoms with van der Waals surface area (Å²) in [5.74, 6) is 0. The highest BCUT2D eigenvalue weighted by Crippen LogP contribution is 2.43. The molecular weight excluding hydrogens is 566 g/mol. The molecule has 2 N–H and O–H groups in total. The zero-order chi connectivity index (χ0) is 30.5. The number of hydroxylamine groups is 2. The summed E-state index contributed by atoms with van der Waals surface area (Å²) in [6.45, 7) is 11.0. The molecule has 2 fully saturated rings. The van der Waals surface area contributed by atoms with Crippen LogP contribution in [0.3, 0.4) is 0 Å². The third-order valence-corrected chi connectivity index (χ3v) is 6.67. The fraction of sp³-hybridized carbons (Fsp3) is 0.696. The van der Waals surface area contributed by atoms with E-state index in [4.69, 9.17) is 9.47 Å². The maximum absolute atomic E-state index is 13.4. The van der Waals surface area contributed by atoms with Crippen LogP contribution in [0.15, 0.2) is 6.20 Å². The molecule has 17 nitrogen and oxygen atoms in total. The number of ether oxygens (including phenoxy) is 2. The van der Waals surface area contributed by atoms with Crippen molar-refractivity contribution in [1.29, 1.82) is 0 Å². The smallest absolute Gasteiger partial charge is 0.418 e. The Kier molecular flexibility index (Phi) is 7.87. The van der Waals surface area contributed by atoms with Gasteiger partial charge in [0.15, 0.2) is 0 Å². The number of carbonyl (C=O) groups is 4. The highest BCUT2D eigenvalue weighted by atomic mass is 32.3. The number of fused-ring (bicyclic) bond motifs is 4. The van der Waals surface area contributed by atoms with Crippen LogP contribution in [0.2, 0.25) is 0 Å². The third-order valence-electron chi connectivity index (χ3n) is 6.32. The van der Waals surface area contributed by atoms with Crippen LogP contribution >= 0.6 is 0 Å². The summed E-state index contributed by atoms with van der Waals surface area (Å²) in [4.78, 5) is 55.3. The van der Waals surface area contributed by atoms with E-state index in [1.54, 1.807) is 41.5 Å². The first-order valence-corrected chi connectivity index (χ1v) is 14.3. The quantitative estimate of drug-likeness (QED) is 0.475. The molecule has 1 aromatic heterocycles. The summed E-state index contributed by atoms with van der Waals surface area (Å²) in [7, 11) is -5.05. The Balaban J connectivity index is 1.55. The number of piperazine rings is 1. The number of urea groups is 1. The molecule has 228 valence electrons. The van der Waals surface area contributed by atoms with Gasteiger partial charge in [-0.15, -0.1) is 4.28 Å². The van der Waals surface area contributed by atoms with Gasteiger partial charge >= 0.3 is 34.6 Å². The Bertz CT molecular complexity index is 1320. The first-order chi connectivity index (χ1) is 18.8. The van der Waals surface area contributed by atoms with E-state index in [1.165, 1.54) is 20.9 Å². The molecule has 5 amide bonds. The Morgan fingerprint density at radius 2 is 1.61 bits per heavy atom. The second-order valence-corrected chi connectivity index (χ2v) is 12.8. The van der Waals surface area contributed by atoms with Gasteiger partial charge in [0.1, 0.15) is 17.2 Å². The van der Waals surface area contributed by atoms with Gasteiger partial charge in [-0.25, -0.2) is 19.2 Å². The van der Waals surface area contributed by atoms with Crippen molar-refractivity contribution >= 4 is 34.6 Å². The molecule has 0 aromatic carbocycles. The molecule has 18 heteroatoms. The molecule has 3 aliphatic rings. The van der Waals surface area contributed by atoms with Gasteiger partial charge in [0.25, 0.3) is 0 Å². The van der Waals surface area contributed by atoms with Crippen molar-refractivity contribution in [2.45, 2.75) is 64.8 Å². The van der Waals surface area contributed by atoms with Crippen LogP contribution < -0.4 is 5.32 Å². The molecule has 2 saturated heterocycles. The lowest BCUT2D eigenvalue weighted by molar-refractivity contribution is -0.0317. The molecule has 0 spiro atoms. The van der Waals surface area contributed by atoms with Crippen molar-refractivity contribution in [3.05, 3.63) is 17.5 Å². The monoisotopic (exact) mass is 601 g/mol. The standard InChI is InChI=1S/C23H35N7O10S/c1-22(2,3)38-18(31)24-11-15-17-14(16-13-28(15)20(33)30(16)40-41(35,36)37)12-29(25-17)19(32)26-7-9-27(10-8-26)21(34)39-23(4,5)6/h12,15-16H,7-11,13H2,1-6H3,(H,24,31)(H,35,36,37)/t15?,16-/m1/s1. The van der Waals surface area contributed by atoms with E-state index < -0.39 is 57.9 Å². The van der Waals surface area contributed by atoms with Crippen molar-refractivity contribution in [1.82, 2.24) is 34.9 Å². The van der Waals surface area contributed by atoms with Gasteiger partial charge in [0, 0.05) is 44.5 Å². The molecule has 41 heavy (non-hydrogen) atoms. The Labute approximate surface area is 237 Å². The second-order valence-electron chi connectivity index (χ2n) is 11.8. The Hall–Kier alpha value is -3.64. The topological polar surface area (TPSA) is 193 Å². The number of aromatic nitrogens is 2. The number of alkyl carbamates (subject to hydrolysis) is 1. The summed E-state index contributed by atoms with van der Waals surface area (Å²) in [5, 5.41) is 7.48. The van der Waals surface area contributed by atoms with Crippen LogP contribution in [0, 0.1) is 0 Å². The molecular formula is C23H35N7O10S. The summed E-state index contributed by atoms with van der Waals surface area (Å²) in [6.07, 6.45) is 0.129. The zero-order valence-corrected chi connectivity index (χ0v) is 24.5. The molecule has 0 radical (unpaired) electrons. The predicted molar refractivity (Wildman–Crippen MR) is 139 cm³/mol. The van der Waals surface area contributed by atoms with Crippen molar-refractivity contribution in [2.75, 3.05) is 39.3 Å². The molecule has 4 heterocycles. The van der Waals surface area contributed by atoms with Crippen LogP contribution in [-0.2, 0) is 24.2 Å². The minimum Gasteiger partial charge on any atom is -0.444 e. The van der Waals surface area contributed by atoms with E-state index in [0.717, 1.165) is 4.68 Å². The average Bonchev–Trinajstić information content (AvgIpc) is 3.38. The summed E-state index contributed by atoms with van der Waals surface area (Å²) >= 11 is 0. The van der Waals surface area contributed by atoms with E-state index >= 15 is 0 Å². The third kappa shape index (κ3) is 6.99. The highest BCUT2D eigenvalue weighted by Gasteiger charge is 2.52. The van der Waals surface area contributed by atoms with E-state index in [2.05, 4.69) is 14.7 Å². The lowest BCUT2D eigenvalue weighted by Crippen LogP contribution is -2.52. The van der Waals surface area contributed by atoms with Crippen LogP contribution in [0.1, 0.15) is 64.9 Å². The van der Waals surface area contributed by atoms with Crippen molar-refractivity contribution < 1.29 is 45.9 Å². The predicted octanol–water partition coefficient (Wildman–Crippen LogP) is 1.50. The largest absolute Gasteiger partial charge is 0.444 e. The van der Waals surface area contributed by atoms with Gasteiger partial charge in [0.2, 0.25) is 0 Å². The lowest BCUT2D eigenvalue weighted by atomic mass is 9.98. The van der Waals surface area contributed by atoms with E-state index in [1.807, 2.05) is 0 Å². The maximum atomic E-state index is 13.4. The second kappa shape index (κ2) is 10.6. The molecule has 0 saturated carbocycles. The van der Waals surface area contributed by atoms with E-state index in [0.29, 0.717) is 10.6 Å². The Morgan fingerprint density at radius 1 is 1.02 bits per heavy atom. The molecule has 1 aromatic rings. The normalized spacial score (nSPS) is 21.1. The minimum atomic E-state index is -5.05. The average molecular weight is 602 g/mol. The summed E-state index contributed by atoms with van der Waals surface area (Å²) in [6, 6.07) is -3.31. The van der Waals surface area contributed by atoms with Crippen LogP contribution in [0.5, 0.6) is 0 Å². The number of hydrogen-bond donors (Lipinski definition) is 2. The summed E-state index contributed by atoms with van der Waals surface area (Å²) < 4.78 is 48.4. The van der Waals surface area contributed by atoms with Gasteiger partial charge in [-0.3, -0.25) is 4.55 Å². The summed E-state index contributed by atoms with van der Waals surface area (Å²) in [5.41, 5.74) is -0.908. The SMILES string of the molecule is CC(C)(C)OC(=O)NCC1c2nn(C(=O)N3CCN(C(=O)OC(C)(C)C)CC3)cc2[C@H]2CN1C(=O)N2OS(=O)(=O)O. The lowest BCUT2D eigenvalue weighted by Gasteiger charge is -2.35. The van der Waals surface area contributed by atoms with Crippen molar-refractivity contribution in [3.63, 3.8) is 0 Å². The first-order valence-electron chi connectivity index (χ1n) is 12.9. The molecule has 0 aliphatic carbocycles.